The average Bonchev–Trinajstić information content (AvgIpc) is 2.39. The Balaban J connectivity index is 2.22. The number of aromatic nitrogens is 2. The van der Waals surface area contributed by atoms with Crippen molar-refractivity contribution in [2.75, 3.05) is 39.3 Å². The fourth-order valence-electron chi connectivity index (χ4n) is 1.89. The SMILES string of the molecule is COCc1cc(NN)nc(C2CN(C)CCO2)n1. The Hall–Kier alpha value is -1.28. The van der Waals surface area contributed by atoms with E-state index < -0.39 is 0 Å². The van der Waals surface area contributed by atoms with E-state index >= 15 is 0 Å². The highest BCUT2D eigenvalue weighted by Gasteiger charge is 2.22. The van der Waals surface area contributed by atoms with Crippen LogP contribution in [0.3, 0.4) is 0 Å². The van der Waals surface area contributed by atoms with Gasteiger partial charge in [0.25, 0.3) is 0 Å². The van der Waals surface area contributed by atoms with Crippen LogP contribution in [0.15, 0.2) is 6.07 Å². The Kier molecular flexibility index (Phi) is 4.43. The molecule has 1 aromatic rings. The highest BCUT2D eigenvalue weighted by Crippen LogP contribution is 2.20. The Morgan fingerprint density at radius 3 is 3.11 bits per heavy atom. The summed E-state index contributed by atoms with van der Waals surface area (Å²) in [7, 11) is 3.68. The van der Waals surface area contributed by atoms with Crippen LogP contribution in [0.25, 0.3) is 0 Å². The number of anilines is 1. The highest BCUT2D eigenvalue weighted by atomic mass is 16.5. The predicted molar refractivity (Wildman–Crippen MR) is 66.7 cm³/mol. The molecular weight excluding hydrogens is 234 g/mol. The fraction of sp³-hybridized carbons (Fsp3) is 0.636. The molecule has 7 heteroatoms. The normalized spacial score (nSPS) is 20.9. The number of methoxy groups -OCH3 is 1. The molecule has 0 aromatic carbocycles. The Bertz CT molecular complexity index is 401. The molecule has 18 heavy (non-hydrogen) atoms. The monoisotopic (exact) mass is 253 g/mol. The molecule has 2 rings (SSSR count). The summed E-state index contributed by atoms with van der Waals surface area (Å²) in [5.74, 6) is 6.62. The van der Waals surface area contributed by atoms with Crippen molar-refractivity contribution < 1.29 is 9.47 Å². The van der Waals surface area contributed by atoms with Crippen molar-refractivity contribution in [3.63, 3.8) is 0 Å². The minimum Gasteiger partial charge on any atom is -0.378 e. The van der Waals surface area contributed by atoms with Gasteiger partial charge in [-0.15, -0.1) is 0 Å². The second kappa shape index (κ2) is 6.05. The van der Waals surface area contributed by atoms with Gasteiger partial charge in [-0.1, -0.05) is 0 Å². The third-order valence-electron chi connectivity index (χ3n) is 2.79. The van der Waals surface area contributed by atoms with E-state index in [0.29, 0.717) is 24.9 Å². The molecule has 1 saturated heterocycles. The zero-order chi connectivity index (χ0) is 13.0. The number of hydrogen-bond donors (Lipinski definition) is 2. The third-order valence-corrected chi connectivity index (χ3v) is 2.79. The zero-order valence-electron chi connectivity index (χ0n) is 10.7. The lowest BCUT2D eigenvalue weighted by Crippen LogP contribution is -2.36. The van der Waals surface area contributed by atoms with E-state index in [1.165, 1.54) is 0 Å². The lowest BCUT2D eigenvalue weighted by molar-refractivity contribution is -0.0256. The minimum absolute atomic E-state index is 0.118. The van der Waals surface area contributed by atoms with Crippen LogP contribution < -0.4 is 11.3 Å². The van der Waals surface area contributed by atoms with Crippen LogP contribution >= 0.6 is 0 Å². The van der Waals surface area contributed by atoms with Gasteiger partial charge in [0.2, 0.25) is 0 Å². The van der Waals surface area contributed by atoms with Crippen molar-refractivity contribution in [2.45, 2.75) is 12.7 Å². The first kappa shape index (κ1) is 13.2. The number of likely N-dealkylation sites (N-methyl/N-ethyl adjacent to an activating group) is 1. The highest BCUT2D eigenvalue weighted by molar-refractivity contribution is 5.34. The molecule has 0 bridgehead atoms. The molecule has 0 amide bonds. The van der Waals surface area contributed by atoms with Crippen LogP contribution in [0.1, 0.15) is 17.6 Å². The van der Waals surface area contributed by atoms with E-state index in [1.807, 2.05) is 0 Å². The number of morpholine rings is 1. The molecule has 1 atom stereocenters. The quantitative estimate of drug-likeness (QED) is 0.573. The maximum atomic E-state index is 5.69. The smallest absolute Gasteiger partial charge is 0.161 e. The first-order chi connectivity index (χ1) is 8.72. The second-order valence-electron chi connectivity index (χ2n) is 4.30. The summed E-state index contributed by atoms with van der Waals surface area (Å²) in [5.41, 5.74) is 3.33. The molecular formula is C11H19N5O2. The number of ether oxygens (including phenoxy) is 2. The lowest BCUT2D eigenvalue weighted by Gasteiger charge is -2.29. The van der Waals surface area contributed by atoms with Gasteiger partial charge in [0, 0.05) is 26.3 Å². The van der Waals surface area contributed by atoms with E-state index in [4.69, 9.17) is 15.3 Å². The van der Waals surface area contributed by atoms with Gasteiger partial charge in [-0.25, -0.2) is 15.8 Å². The summed E-state index contributed by atoms with van der Waals surface area (Å²) < 4.78 is 10.8. The van der Waals surface area contributed by atoms with Crippen LogP contribution in [-0.4, -0.2) is 48.7 Å². The summed E-state index contributed by atoms with van der Waals surface area (Å²) in [6, 6.07) is 1.76. The lowest BCUT2D eigenvalue weighted by atomic mass is 10.2. The predicted octanol–water partition coefficient (Wildman–Crippen LogP) is -0.0883. The van der Waals surface area contributed by atoms with Crippen LogP contribution in [0.5, 0.6) is 0 Å². The van der Waals surface area contributed by atoms with Crippen LogP contribution in [-0.2, 0) is 16.1 Å². The summed E-state index contributed by atoms with van der Waals surface area (Å²) in [4.78, 5) is 11.0. The van der Waals surface area contributed by atoms with Gasteiger partial charge in [0.1, 0.15) is 11.9 Å². The molecule has 1 fully saturated rings. The molecule has 0 aliphatic carbocycles. The average molecular weight is 253 g/mol. The van der Waals surface area contributed by atoms with E-state index in [0.717, 1.165) is 18.8 Å². The number of hydrogen-bond acceptors (Lipinski definition) is 7. The van der Waals surface area contributed by atoms with E-state index in [-0.39, 0.29) is 6.10 Å². The molecule has 0 saturated carbocycles. The van der Waals surface area contributed by atoms with Crippen molar-refractivity contribution in [3.8, 4) is 0 Å². The van der Waals surface area contributed by atoms with Crippen molar-refractivity contribution in [2.24, 2.45) is 5.84 Å². The minimum atomic E-state index is -0.118. The van der Waals surface area contributed by atoms with Crippen LogP contribution in [0, 0.1) is 0 Å². The molecule has 100 valence electrons. The van der Waals surface area contributed by atoms with Crippen LogP contribution in [0.4, 0.5) is 5.82 Å². The molecule has 0 radical (unpaired) electrons. The van der Waals surface area contributed by atoms with Gasteiger partial charge in [0.15, 0.2) is 5.82 Å². The third kappa shape index (κ3) is 3.14. The topological polar surface area (TPSA) is 85.5 Å². The van der Waals surface area contributed by atoms with E-state index in [9.17, 15) is 0 Å². The number of nitrogens with two attached hydrogens (primary N) is 1. The first-order valence-corrected chi connectivity index (χ1v) is 5.86. The summed E-state index contributed by atoms with van der Waals surface area (Å²) in [6.45, 7) is 2.81. The summed E-state index contributed by atoms with van der Waals surface area (Å²) >= 11 is 0. The first-order valence-electron chi connectivity index (χ1n) is 5.86. The van der Waals surface area contributed by atoms with E-state index in [2.05, 4.69) is 27.3 Å². The fourth-order valence-corrected chi connectivity index (χ4v) is 1.89. The van der Waals surface area contributed by atoms with Crippen LogP contribution in [0.2, 0.25) is 0 Å². The number of nitrogens with one attached hydrogen (secondary N) is 1. The molecule has 2 heterocycles. The van der Waals surface area contributed by atoms with Gasteiger partial charge >= 0.3 is 0 Å². The van der Waals surface area contributed by atoms with Crippen molar-refractivity contribution in [3.05, 3.63) is 17.6 Å². The molecule has 1 aromatic heterocycles. The number of hydrazine groups is 1. The number of nitrogen functional groups attached to an aromatic ring is 1. The van der Waals surface area contributed by atoms with Gasteiger partial charge < -0.3 is 19.8 Å². The number of rotatable bonds is 4. The molecule has 3 N–H and O–H groups in total. The molecule has 0 spiro atoms. The summed E-state index contributed by atoms with van der Waals surface area (Å²) in [6.07, 6.45) is -0.118. The Morgan fingerprint density at radius 2 is 2.44 bits per heavy atom. The standard InChI is InChI=1S/C11H19N5O2/c1-16-3-4-18-9(6-16)11-13-8(7-17-2)5-10(14-11)15-12/h5,9H,3-4,6-7,12H2,1-2H3,(H,13,14,15). The van der Waals surface area contributed by atoms with Crippen molar-refractivity contribution in [1.82, 2.24) is 14.9 Å². The van der Waals surface area contributed by atoms with Gasteiger partial charge in [-0.3, -0.25) is 0 Å². The summed E-state index contributed by atoms with van der Waals surface area (Å²) in [5, 5.41) is 0. The number of nitrogens with zero attached hydrogens (tertiary/aromatic N) is 3. The van der Waals surface area contributed by atoms with Crippen molar-refractivity contribution in [1.29, 1.82) is 0 Å². The molecule has 1 aliphatic rings. The van der Waals surface area contributed by atoms with Gasteiger partial charge in [-0.05, 0) is 7.05 Å². The second-order valence-corrected chi connectivity index (χ2v) is 4.30. The zero-order valence-corrected chi connectivity index (χ0v) is 10.7. The largest absolute Gasteiger partial charge is 0.378 e. The molecule has 7 nitrogen and oxygen atoms in total. The molecule has 1 unspecified atom stereocenters. The Labute approximate surface area is 106 Å². The van der Waals surface area contributed by atoms with Gasteiger partial charge in [0.05, 0.1) is 18.9 Å². The Morgan fingerprint density at radius 1 is 1.61 bits per heavy atom. The van der Waals surface area contributed by atoms with Crippen molar-refractivity contribution >= 4 is 5.82 Å². The van der Waals surface area contributed by atoms with E-state index in [1.54, 1.807) is 13.2 Å². The maximum absolute atomic E-state index is 5.69. The molecule has 1 aliphatic heterocycles. The van der Waals surface area contributed by atoms with Gasteiger partial charge in [-0.2, -0.15) is 0 Å². The maximum Gasteiger partial charge on any atom is 0.161 e.